The van der Waals surface area contributed by atoms with E-state index in [1.165, 1.54) is 0 Å². The molecule has 1 aromatic carbocycles. The van der Waals surface area contributed by atoms with Crippen LogP contribution in [0.25, 0.3) is 0 Å². The minimum atomic E-state index is 0.0794. The van der Waals surface area contributed by atoms with Gasteiger partial charge >= 0.3 is 0 Å². The van der Waals surface area contributed by atoms with E-state index in [1.807, 2.05) is 27.7 Å². The Bertz CT molecular complexity index is 367. The molecule has 0 fully saturated rings. The molecule has 0 aromatic heterocycles. The number of phenols is 1. The molecule has 1 N–H and O–H groups in total. The summed E-state index contributed by atoms with van der Waals surface area (Å²) in [7, 11) is 0. The van der Waals surface area contributed by atoms with E-state index < -0.39 is 0 Å². The predicted octanol–water partition coefficient (Wildman–Crippen LogP) is 4.38. The van der Waals surface area contributed by atoms with Crippen molar-refractivity contribution in [2.75, 3.05) is 19.8 Å². The molecule has 4 heteroatoms. The smallest absolute Gasteiger partial charge is 0.201 e. The second-order valence-electron chi connectivity index (χ2n) is 5.13. The second-order valence-corrected chi connectivity index (χ2v) is 5.13. The first kappa shape index (κ1) is 17.5. The average molecular weight is 296 g/mol. The van der Waals surface area contributed by atoms with Gasteiger partial charge in [0.15, 0.2) is 11.5 Å². The summed E-state index contributed by atoms with van der Waals surface area (Å²) in [5.74, 6) is 1.78. The summed E-state index contributed by atoms with van der Waals surface area (Å²) in [5, 5.41) is 10.4. The molecule has 0 amide bonds. The first-order chi connectivity index (χ1) is 10.1. The molecule has 0 saturated heterocycles. The molecule has 0 aliphatic carbocycles. The Labute approximate surface area is 128 Å². The van der Waals surface area contributed by atoms with Gasteiger partial charge in [0, 0.05) is 11.1 Å². The molecule has 0 unspecified atom stereocenters. The Morgan fingerprint density at radius 3 is 1.33 bits per heavy atom. The largest absolute Gasteiger partial charge is 0.502 e. The summed E-state index contributed by atoms with van der Waals surface area (Å²) >= 11 is 0. The summed E-state index contributed by atoms with van der Waals surface area (Å²) in [6, 6.07) is 0. The number of hydrogen-bond acceptors (Lipinski definition) is 4. The Morgan fingerprint density at radius 1 is 0.667 bits per heavy atom. The van der Waals surface area contributed by atoms with Crippen LogP contribution in [0, 0.1) is 13.8 Å². The maximum absolute atomic E-state index is 10.4. The first-order valence-electron chi connectivity index (χ1n) is 7.82. The van der Waals surface area contributed by atoms with Crippen LogP contribution in [-0.2, 0) is 0 Å². The molecule has 0 saturated carbocycles. The molecular weight excluding hydrogens is 268 g/mol. The highest BCUT2D eigenvalue weighted by Gasteiger charge is 2.22. The normalized spacial score (nSPS) is 10.5. The van der Waals surface area contributed by atoms with Gasteiger partial charge in [0.1, 0.15) is 5.75 Å². The Kier molecular flexibility index (Phi) is 7.20. The molecule has 0 aliphatic heterocycles. The molecule has 120 valence electrons. The van der Waals surface area contributed by atoms with Crippen LogP contribution in [0.15, 0.2) is 0 Å². The van der Waals surface area contributed by atoms with E-state index >= 15 is 0 Å². The molecule has 1 rings (SSSR count). The minimum absolute atomic E-state index is 0.0794. The summed E-state index contributed by atoms with van der Waals surface area (Å²) < 4.78 is 17.2. The molecule has 0 heterocycles. The van der Waals surface area contributed by atoms with E-state index in [9.17, 15) is 5.11 Å². The van der Waals surface area contributed by atoms with Gasteiger partial charge in [-0.25, -0.2) is 0 Å². The molecule has 1 aromatic rings. The number of benzene rings is 1. The zero-order valence-corrected chi connectivity index (χ0v) is 13.9. The first-order valence-corrected chi connectivity index (χ1v) is 7.82. The molecular formula is C17H28O4. The number of aromatic hydroxyl groups is 1. The molecule has 0 bridgehead atoms. The highest BCUT2D eigenvalue weighted by atomic mass is 16.5. The fraction of sp³-hybridized carbons (Fsp3) is 0.647. The third-order valence-corrected chi connectivity index (χ3v) is 3.14. The molecule has 4 nitrogen and oxygen atoms in total. The lowest BCUT2D eigenvalue weighted by atomic mass is 10.1. The van der Waals surface area contributed by atoms with E-state index in [0.717, 1.165) is 36.1 Å². The van der Waals surface area contributed by atoms with Gasteiger partial charge in [0.05, 0.1) is 19.8 Å². The van der Waals surface area contributed by atoms with Gasteiger partial charge in [0.2, 0.25) is 5.75 Å². The Balaban J connectivity index is 3.27. The summed E-state index contributed by atoms with van der Waals surface area (Å²) in [5.41, 5.74) is 1.66. The highest BCUT2D eigenvalue weighted by Crippen LogP contribution is 2.47. The van der Waals surface area contributed by atoms with Crippen molar-refractivity contribution >= 4 is 0 Å². The van der Waals surface area contributed by atoms with Crippen molar-refractivity contribution in [2.24, 2.45) is 0 Å². The van der Waals surface area contributed by atoms with Crippen LogP contribution < -0.4 is 14.2 Å². The third kappa shape index (κ3) is 4.19. The fourth-order valence-corrected chi connectivity index (χ4v) is 2.13. The predicted molar refractivity (Wildman–Crippen MR) is 84.9 cm³/mol. The van der Waals surface area contributed by atoms with Crippen LogP contribution in [0.5, 0.6) is 23.0 Å². The van der Waals surface area contributed by atoms with Gasteiger partial charge in [-0.1, -0.05) is 20.8 Å². The number of rotatable bonds is 9. The van der Waals surface area contributed by atoms with Crippen LogP contribution in [0.3, 0.4) is 0 Å². The monoisotopic (exact) mass is 296 g/mol. The van der Waals surface area contributed by atoms with Gasteiger partial charge < -0.3 is 19.3 Å². The molecule has 0 aliphatic rings. The zero-order valence-electron chi connectivity index (χ0n) is 13.9. The summed E-state index contributed by atoms with van der Waals surface area (Å²) in [4.78, 5) is 0. The standard InChI is InChI=1S/C17H28O4/c1-6-9-19-15-12(4)16(20-10-7-2)14(18)17(13(15)5)21-11-8-3/h18H,6-11H2,1-5H3. The van der Waals surface area contributed by atoms with Gasteiger partial charge in [-0.3, -0.25) is 0 Å². The van der Waals surface area contributed by atoms with Crippen molar-refractivity contribution in [1.82, 2.24) is 0 Å². The van der Waals surface area contributed by atoms with Gasteiger partial charge in [-0.05, 0) is 33.1 Å². The lowest BCUT2D eigenvalue weighted by Crippen LogP contribution is -2.06. The lowest BCUT2D eigenvalue weighted by Gasteiger charge is -2.21. The van der Waals surface area contributed by atoms with E-state index in [0.29, 0.717) is 31.3 Å². The van der Waals surface area contributed by atoms with Gasteiger partial charge in [0.25, 0.3) is 0 Å². The van der Waals surface area contributed by atoms with Crippen LogP contribution in [0.4, 0.5) is 0 Å². The van der Waals surface area contributed by atoms with Crippen molar-refractivity contribution in [3.8, 4) is 23.0 Å². The maximum atomic E-state index is 10.4. The van der Waals surface area contributed by atoms with E-state index in [1.54, 1.807) is 0 Å². The van der Waals surface area contributed by atoms with Crippen LogP contribution in [0.1, 0.15) is 51.2 Å². The van der Waals surface area contributed by atoms with Crippen molar-refractivity contribution < 1.29 is 19.3 Å². The Hall–Kier alpha value is -1.58. The number of phenolic OH excluding ortho intramolecular Hbond substituents is 1. The number of hydrogen-bond donors (Lipinski definition) is 1. The third-order valence-electron chi connectivity index (χ3n) is 3.14. The van der Waals surface area contributed by atoms with Crippen molar-refractivity contribution in [1.29, 1.82) is 0 Å². The van der Waals surface area contributed by atoms with Crippen LogP contribution in [0.2, 0.25) is 0 Å². The summed E-state index contributed by atoms with van der Waals surface area (Å²) in [6.45, 7) is 11.7. The minimum Gasteiger partial charge on any atom is -0.502 e. The quantitative estimate of drug-likeness (QED) is 0.735. The highest BCUT2D eigenvalue weighted by molar-refractivity contribution is 5.65. The summed E-state index contributed by atoms with van der Waals surface area (Å²) in [6.07, 6.45) is 2.68. The topological polar surface area (TPSA) is 47.9 Å². The van der Waals surface area contributed by atoms with E-state index in [-0.39, 0.29) is 5.75 Å². The zero-order chi connectivity index (χ0) is 15.8. The molecule has 0 radical (unpaired) electrons. The van der Waals surface area contributed by atoms with E-state index in [2.05, 4.69) is 6.92 Å². The molecule has 21 heavy (non-hydrogen) atoms. The van der Waals surface area contributed by atoms with Crippen LogP contribution >= 0.6 is 0 Å². The SMILES string of the molecule is CCCOc1c(C)c(OCCC)c(O)c(OCCC)c1C. The second kappa shape index (κ2) is 8.65. The average Bonchev–Trinajstić information content (AvgIpc) is 2.47. The Morgan fingerprint density at radius 2 is 1.00 bits per heavy atom. The van der Waals surface area contributed by atoms with Crippen molar-refractivity contribution in [3.05, 3.63) is 11.1 Å². The van der Waals surface area contributed by atoms with Crippen molar-refractivity contribution in [2.45, 2.75) is 53.9 Å². The fourth-order valence-electron chi connectivity index (χ4n) is 2.13. The number of ether oxygens (including phenoxy) is 3. The van der Waals surface area contributed by atoms with Gasteiger partial charge in [-0.15, -0.1) is 0 Å². The van der Waals surface area contributed by atoms with Gasteiger partial charge in [-0.2, -0.15) is 0 Å². The van der Waals surface area contributed by atoms with Crippen LogP contribution in [-0.4, -0.2) is 24.9 Å². The molecule has 0 atom stereocenters. The van der Waals surface area contributed by atoms with E-state index in [4.69, 9.17) is 14.2 Å². The lowest BCUT2D eigenvalue weighted by molar-refractivity contribution is 0.259. The maximum Gasteiger partial charge on any atom is 0.201 e. The molecule has 0 spiro atoms. The van der Waals surface area contributed by atoms with Crippen molar-refractivity contribution in [3.63, 3.8) is 0 Å².